The Labute approximate surface area is 97.1 Å². The lowest BCUT2D eigenvalue weighted by Crippen LogP contribution is -2.26. The predicted octanol–water partition coefficient (Wildman–Crippen LogP) is 3.59. The van der Waals surface area contributed by atoms with Crippen molar-refractivity contribution in [2.45, 2.75) is 45.1 Å². The molecule has 1 aromatic carbocycles. The van der Waals surface area contributed by atoms with Crippen LogP contribution in [-0.4, -0.2) is 6.54 Å². The Kier molecular flexibility index (Phi) is 3.94. The number of aryl methyl sites for hydroxylation is 1. The van der Waals surface area contributed by atoms with Crippen LogP contribution in [0.25, 0.3) is 0 Å². The molecule has 0 spiro atoms. The molecule has 1 aromatic rings. The van der Waals surface area contributed by atoms with Crippen LogP contribution in [0, 0.1) is 5.82 Å². The normalized spacial score (nSPS) is 19.5. The minimum absolute atomic E-state index is 0.104. The average molecular weight is 221 g/mol. The smallest absolute Gasteiger partial charge is 0.123 e. The van der Waals surface area contributed by atoms with Crippen molar-refractivity contribution in [2.24, 2.45) is 0 Å². The standard InChI is InChI=1S/C14H20FN/c1-2-3-9-16-14-6-4-5-11-10-12(15)7-8-13(11)14/h7-8,10,14,16H,2-6,9H2,1H3. The number of nitrogens with one attached hydrogen (secondary N) is 1. The maximum atomic E-state index is 13.1. The second-order valence-electron chi connectivity index (χ2n) is 4.60. The maximum absolute atomic E-state index is 13.1. The molecule has 1 aliphatic carbocycles. The highest BCUT2D eigenvalue weighted by Crippen LogP contribution is 2.30. The Balaban J connectivity index is 2.07. The number of hydrogen-bond acceptors (Lipinski definition) is 1. The van der Waals surface area contributed by atoms with Gasteiger partial charge in [0.25, 0.3) is 0 Å². The SMILES string of the molecule is CCCCNC1CCCc2cc(F)ccc21. The number of halogens is 1. The Morgan fingerprint density at radius 1 is 1.44 bits per heavy atom. The molecule has 0 heterocycles. The summed E-state index contributed by atoms with van der Waals surface area (Å²) < 4.78 is 13.1. The maximum Gasteiger partial charge on any atom is 0.123 e. The molecule has 0 amide bonds. The third kappa shape index (κ3) is 2.62. The molecular formula is C14H20FN. The molecule has 0 aliphatic heterocycles. The van der Waals surface area contributed by atoms with Crippen LogP contribution in [-0.2, 0) is 6.42 Å². The van der Waals surface area contributed by atoms with Crippen LogP contribution in [0.1, 0.15) is 49.8 Å². The zero-order chi connectivity index (χ0) is 11.4. The van der Waals surface area contributed by atoms with Gasteiger partial charge in [-0.1, -0.05) is 19.4 Å². The topological polar surface area (TPSA) is 12.0 Å². The van der Waals surface area contributed by atoms with Crippen LogP contribution in [0.2, 0.25) is 0 Å². The van der Waals surface area contributed by atoms with Gasteiger partial charge >= 0.3 is 0 Å². The molecule has 1 N–H and O–H groups in total. The molecule has 1 aliphatic rings. The monoisotopic (exact) mass is 221 g/mol. The molecule has 16 heavy (non-hydrogen) atoms. The third-order valence-electron chi connectivity index (χ3n) is 3.34. The fraction of sp³-hybridized carbons (Fsp3) is 0.571. The quantitative estimate of drug-likeness (QED) is 0.766. The van der Waals surface area contributed by atoms with Gasteiger partial charge < -0.3 is 5.32 Å². The molecule has 0 radical (unpaired) electrons. The van der Waals surface area contributed by atoms with E-state index in [2.05, 4.69) is 12.2 Å². The summed E-state index contributed by atoms with van der Waals surface area (Å²) in [5, 5.41) is 3.58. The highest BCUT2D eigenvalue weighted by atomic mass is 19.1. The first-order chi connectivity index (χ1) is 7.81. The fourth-order valence-corrected chi connectivity index (χ4v) is 2.45. The number of hydrogen-bond donors (Lipinski definition) is 1. The Bertz CT molecular complexity index is 349. The van der Waals surface area contributed by atoms with Crippen LogP contribution in [0.15, 0.2) is 18.2 Å². The Hall–Kier alpha value is -0.890. The number of unbranched alkanes of at least 4 members (excludes halogenated alkanes) is 1. The first-order valence-corrected chi connectivity index (χ1v) is 6.33. The van der Waals surface area contributed by atoms with E-state index in [1.165, 1.54) is 36.8 Å². The molecule has 1 nitrogen and oxygen atoms in total. The summed E-state index contributed by atoms with van der Waals surface area (Å²) in [6, 6.07) is 5.67. The van der Waals surface area contributed by atoms with E-state index >= 15 is 0 Å². The van der Waals surface area contributed by atoms with E-state index in [0.717, 1.165) is 13.0 Å². The second-order valence-corrected chi connectivity index (χ2v) is 4.60. The van der Waals surface area contributed by atoms with Crippen LogP contribution in [0.3, 0.4) is 0 Å². The van der Waals surface area contributed by atoms with Gasteiger partial charge in [-0.05, 0) is 55.5 Å². The minimum atomic E-state index is -0.104. The van der Waals surface area contributed by atoms with Gasteiger partial charge in [0.15, 0.2) is 0 Å². The molecule has 88 valence electrons. The van der Waals surface area contributed by atoms with Gasteiger partial charge in [-0.2, -0.15) is 0 Å². The molecule has 1 atom stereocenters. The lowest BCUT2D eigenvalue weighted by atomic mass is 9.87. The zero-order valence-corrected chi connectivity index (χ0v) is 9.93. The molecule has 0 saturated carbocycles. The van der Waals surface area contributed by atoms with Crippen molar-refractivity contribution < 1.29 is 4.39 Å². The molecule has 2 rings (SSSR count). The predicted molar refractivity (Wildman–Crippen MR) is 65.0 cm³/mol. The summed E-state index contributed by atoms with van der Waals surface area (Å²) in [5.74, 6) is -0.104. The molecule has 0 fully saturated rings. The first kappa shape index (κ1) is 11.6. The van der Waals surface area contributed by atoms with Crippen LogP contribution >= 0.6 is 0 Å². The van der Waals surface area contributed by atoms with Crippen molar-refractivity contribution in [1.82, 2.24) is 5.32 Å². The lowest BCUT2D eigenvalue weighted by Gasteiger charge is -2.26. The number of benzene rings is 1. The summed E-state index contributed by atoms with van der Waals surface area (Å²) in [4.78, 5) is 0. The highest BCUT2D eigenvalue weighted by molar-refractivity contribution is 5.32. The van der Waals surface area contributed by atoms with E-state index in [4.69, 9.17) is 0 Å². The second kappa shape index (κ2) is 5.44. The van der Waals surface area contributed by atoms with E-state index < -0.39 is 0 Å². The van der Waals surface area contributed by atoms with Crippen LogP contribution in [0.4, 0.5) is 4.39 Å². The number of fused-ring (bicyclic) bond motifs is 1. The summed E-state index contributed by atoms with van der Waals surface area (Å²) in [5.41, 5.74) is 2.50. The highest BCUT2D eigenvalue weighted by Gasteiger charge is 2.19. The summed E-state index contributed by atoms with van der Waals surface area (Å²) in [7, 11) is 0. The van der Waals surface area contributed by atoms with Crippen molar-refractivity contribution in [2.75, 3.05) is 6.54 Å². The van der Waals surface area contributed by atoms with Crippen molar-refractivity contribution in [3.05, 3.63) is 35.1 Å². The van der Waals surface area contributed by atoms with Crippen LogP contribution in [0.5, 0.6) is 0 Å². The van der Waals surface area contributed by atoms with E-state index in [1.54, 1.807) is 12.1 Å². The van der Waals surface area contributed by atoms with Gasteiger partial charge in [0, 0.05) is 6.04 Å². The third-order valence-corrected chi connectivity index (χ3v) is 3.34. The van der Waals surface area contributed by atoms with Crippen molar-refractivity contribution >= 4 is 0 Å². The Morgan fingerprint density at radius 3 is 3.12 bits per heavy atom. The van der Waals surface area contributed by atoms with Gasteiger partial charge in [-0.15, -0.1) is 0 Å². The Morgan fingerprint density at radius 2 is 2.31 bits per heavy atom. The molecular weight excluding hydrogens is 201 g/mol. The number of rotatable bonds is 4. The van der Waals surface area contributed by atoms with Gasteiger partial charge in [0.2, 0.25) is 0 Å². The molecule has 1 unspecified atom stereocenters. The van der Waals surface area contributed by atoms with Gasteiger partial charge in [-0.25, -0.2) is 4.39 Å². The molecule has 0 bridgehead atoms. The van der Waals surface area contributed by atoms with Crippen LogP contribution < -0.4 is 5.32 Å². The zero-order valence-electron chi connectivity index (χ0n) is 9.93. The molecule has 2 heteroatoms. The van der Waals surface area contributed by atoms with E-state index in [1.807, 2.05) is 6.07 Å². The fourth-order valence-electron chi connectivity index (χ4n) is 2.45. The summed E-state index contributed by atoms with van der Waals surface area (Å²) >= 11 is 0. The lowest BCUT2D eigenvalue weighted by molar-refractivity contribution is 0.452. The van der Waals surface area contributed by atoms with E-state index in [0.29, 0.717) is 6.04 Å². The minimum Gasteiger partial charge on any atom is -0.310 e. The van der Waals surface area contributed by atoms with Crippen molar-refractivity contribution in [3.63, 3.8) is 0 Å². The average Bonchev–Trinajstić information content (AvgIpc) is 2.29. The van der Waals surface area contributed by atoms with Crippen molar-refractivity contribution in [3.8, 4) is 0 Å². The molecule has 0 aromatic heterocycles. The first-order valence-electron chi connectivity index (χ1n) is 6.33. The van der Waals surface area contributed by atoms with Gasteiger partial charge in [0.1, 0.15) is 5.82 Å². The van der Waals surface area contributed by atoms with E-state index in [-0.39, 0.29) is 5.82 Å². The largest absolute Gasteiger partial charge is 0.310 e. The molecule has 0 saturated heterocycles. The van der Waals surface area contributed by atoms with Crippen molar-refractivity contribution in [1.29, 1.82) is 0 Å². The van der Waals surface area contributed by atoms with E-state index in [9.17, 15) is 4.39 Å². The summed E-state index contributed by atoms with van der Waals surface area (Å²) in [6.45, 7) is 3.27. The van der Waals surface area contributed by atoms with Gasteiger partial charge in [0.05, 0.1) is 0 Å². The van der Waals surface area contributed by atoms with Gasteiger partial charge in [-0.3, -0.25) is 0 Å². The summed E-state index contributed by atoms with van der Waals surface area (Å²) in [6.07, 6.45) is 5.81.